The molecular formula is C19H21BrN4O3. The number of nitrogens with one attached hydrogen (secondary N) is 2. The van der Waals surface area contributed by atoms with Crippen LogP contribution in [0.2, 0.25) is 0 Å². The van der Waals surface area contributed by atoms with E-state index in [-0.39, 0.29) is 12.5 Å². The van der Waals surface area contributed by atoms with Crippen LogP contribution in [0.15, 0.2) is 28.7 Å². The van der Waals surface area contributed by atoms with E-state index in [1.54, 1.807) is 0 Å². The highest BCUT2D eigenvalue weighted by Gasteiger charge is 2.52. The molecule has 0 radical (unpaired) electrons. The molecule has 0 unspecified atom stereocenters. The first kappa shape index (κ1) is 18.0. The van der Waals surface area contributed by atoms with Crippen molar-refractivity contribution in [3.8, 4) is 0 Å². The third-order valence-electron chi connectivity index (χ3n) is 5.56. The van der Waals surface area contributed by atoms with Gasteiger partial charge >= 0.3 is 6.03 Å². The van der Waals surface area contributed by atoms with E-state index in [4.69, 9.17) is 0 Å². The fraction of sp³-hybridized carbons (Fsp3) is 0.421. The highest BCUT2D eigenvalue weighted by molar-refractivity contribution is 9.10. The van der Waals surface area contributed by atoms with Gasteiger partial charge in [-0.15, -0.1) is 0 Å². The Morgan fingerprint density at radius 2 is 1.93 bits per heavy atom. The van der Waals surface area contributed by atoms with Crippen molar-refractivity contribution in [1.82, 2.24) is 20.3 Å². The van der Waals surface area contributed by atoms with Crippen LogP contribution in [0, 0.1) is 6.92 Å². The number of carbonyl (C=O) groups is 3. The maximum absolute atomic E-state index is 12.8. The molecule has 142 valence electrons. The minimum Gasteiger partial charge on any atom is -0.334 e. The predicted octanol–water partition coefficient (Wildman–Crippen LogP) is 3.00. The first-order chi connectivity index (χ1) is 12.9. The molecule has 2 fully saturated rings. The normalized spacial score (nSPS) is 19.0. The summed E-state index contributed by atoms with van der Waals surface area (Å²) in [6, 6.07) is 7.21. The summed E-state index contributed by atoms with van der Waals surface area (Å²) in [5, 5.41) is 4.66. The molecule has 7 nitrogen and oxygen atoms in total. The van der Waals surface area contributed by atoms with Gasteiger partial charge in [-0.25, -0.2) is 4.79 Å². The molecule has 1 aliphatic carbocycles. The molecule has 1 spiro atoms. The van der Waals surface area contributed by atoms with Crippen LogP contribution in [0.1, 0.15) is 37.8 Å². The number of hydrogen-bond donors (Lipinski definition) is 2. The number of rotatable bonds is 3. The Morgan fingerprint density at radius 3 is 2.67 bits per heavy atom. The monoisotopic (exact) mass is 432 g/mol. The number of nitrogens with zero attached hydrogens (tertiary/aromatic N) is 2. The number of hydrazine groups is 1. The third-order valence-corrected chi connectivity index (χ3v) is 6.56. The van der Waals surface area contributed by atoms with E-state index in [2.05, 4.69) is 26.7 Å². The summed E-state index contributed by atoms with van der Waals surface area (Å²) in [5.74, 6) is -0.765. The Morgan fingerprint density at radius 1 is 1.22 bits per heavy atom. The third kappa shape index (κ3) is 2.92. The van der Waals surface area contributed by atoms with Gasteiger partial charge < -0.3 is 9.88 Å². The standard InChI is InChI=1S/C19H21BrN4O3/c1-12-16(20)13-7-3-4-8-14(13)23(12)11-15(25)22-24-17(26)19(21-18(24)27)9-5-2-6-10-19/h3-4,7-8H,2,5-6,9-11H2,1H3,(H,21,27)(H,22,25). The Bertz CT molecular complexity index is 946. The zero-order chi connectivity index (χ0) is 19.2. The number of aromatic nitrogens is 1. The Labute approximate surface area is 165 Å². The van der Waals surface area contributed by atoms with Crippen LogP contribution in [0.5, 0.6) is 0 Å². The van der Waals surface area contributed by atoms with Crippen molar-refractivity contribution in [2.24, 2.45) is 0 Å². The molecule has 1 aromatic heterocycles. The van der Waals surface area contributed by atoms with Crippen LogP contribution in [-0.4, -0.2) is 33.0 Å². The fourth-order valence-electron chi connectivity index (χ4n) is 4.11. The van der Waals surface area contributed by atoms with Gasteiger partial charge in [-0.3, -0.25) is 15.0 Å². The van der Waals surface area contributed by atoms with E-state index in [1.807, 2.05) is 35.8 Å². The number of fused-ring (bicyclic) bond motifs is 1. The van der Waals surface area contributed by atoms with Gasteiger partial charge in [-0.1, -0.05) is 37.5 Å². The van der Waals surface area contributed by atoms with Crippen LogP contribution < -0.4 is 10.7 Å². The lowest BCUT2D eigenvalue weighted by Gasteiger charge is -2.30. The zero-order valence-corrected chi connectivity index (χ0v) is 16.6. The van der Waals surface area contributed by atoms with E-state index in [0.29, 0.717) is 12.8 Å². The van der Waals surface area contributed by atoms with Crippen LogP contribution in [0.3, 0.4) is 0 Å². The predicted molar refractivity (Wildman–Crippen MR) is 104 cm³/mol. The highest BCUT2D eigenvalue weighted by Crippen LogP contribution is 2.33. The van der Waals surface area contributed by atoms with Crippen molar-refractivity contribution in [1.29, 1.82) is 0 Å². The van der Waals surface area contributed by atoms with Gasteiger partial charge in [0.1, 0.15) is 12.1 Å². The Balaban J connectivity index is 1.53. The number of imide groups is 1. The second-order valence-corrected chi connectivity index (χ2v) is 8.04. The molecule has 4 amide bonds. The first-order valence-electron chi connectivity index (χ1n) is 9.12. The van der Waals surface area contributed by atoms with Gasteiger partial charge in [0, 0.05) is 21.1 Å². The van der Waals surface area contributed by atoms with Crippen molar-refractivity contribution in [3.05, 3.63) is 34.4 Å². The van der Waals surface area contributed by atoms with Gasteiger partial charge in [-0.05, 0) is 41.8 Å². The molecule has 1 saturated heterocycles. The number of para-hydroxylation sites is 1. The molecule has 27 heavy (non-hydrogen) atoms. The van der Waals surface area contributed by atoms with E-state index in [1.165, 1.54) is 0 Å². The summed E-state index contributed by atoms with van der Waals surface area (Å²) in [6.45, 7) is 1.93. The summed E-state index contributed by atoms with van der Waals surface area (Å²) in [7, 11) is 0. The molecule has 2 aromatic rings. The van der Waals surface area contributed by atoms with E-state index >= 15 is 0 Å². The van der Waals surface area contributed by atoms with E-state index in [0.717, 1.165) is 45.3 Å². The lowest BCUT2D eigenvalue weighted by Crippen LogP contribution is -2.51. The molecular weight excluding hydrogens is 412 g/mol. The Kier molecular flexibility index (Phi) is 4.46. The average molecular weight is 433 g/mol. The van der Waals surface area contributed by atoms with Gasteiger partial charge in [0.25, 0.3) is 11.8 Å². The van der Waals surface area contributed by atoms with Crippen LogP contribution in [0.4, 0.5) is 4.79 Å². The van der Waals surface area contributed by atoms with Crippen molar-refractivity contribution in [3.63, 3.8) is 0 Å². The minimum atomic E-state index is -0.846. The van der Waals surface area contributed by atoms with Crippen molar-refractivity contribution in [2.45, 2.75) is 51.1 Å². The van der Waals surface area contributed by atoms with Crippen LogP contribution in [0.25, 0.3) is 10.9 Å². The maximum Gasteiger partial charge on any atom is 0.344 e. The molecule has 8 heteroatoms. The molecule has 2 aliphatic rings. The molecule has 1 aliphatic heterocycles. The van der Waals surface area contributed by atoms with Gasteiger partial charge in [0.2, 0.25) is 0 Å². The van der Waals surface area contributed by atoms with Crippen molar-refractivity contribution < 1.29 is 14.4 Å². The summed E-state index contributed by atoms with van der Waals surface area (Å²) in [4.78, 5) is 37.7. The lowest BCUT2D eigenvalue weighted by molar-refractivity contribution is -0.140. The second-order valence-electron chi connectivity index (χ2n) is 7.25. The number of hydrogen-bond acceptors (Lipinski definition) is 3. The SMILES string of the molecule is Cc1c(Br)c2ccccc2n1CC(=O)NN1C(=O)NC2(CCCCC2)C1=O. The summed E-state index contributed by atoms with van der Waals surface area (Å²) >= 11 is 3.57. The smallest absolute Gasteiger partial charge is 0.334 e. The quantitative estimate of drug-likeness (QED) is 0.731. The summed E-state index contributed by atoms with van der Waals surface area (Å²) < 4.78 is 2.80. The number of benzene rings is 1. The molecule has 0 bridgehead atoms. The molecule has 2 N–H and O–H groups in total. The molecule has 4 rings (SSSR count). The minimum absolute atomic E-state index is 0.0159. The molecule has 1 aromatic carbocycles. The maximum atomic E-state index is 12.8. The number of urea groups is 1. The van der Waals surface area contributed by atoms with E-state index < -0.39 is 17.5 Å². The van der Waals surface area contributed by atoms with Crippen LogP contribution in [-0.2, 0) is 16.1 Å². The van der Waals surface area contributed by atoms with Gasteiger partial charge in [0.05, 0.1) is 0 Å². The van der Waals surface area contributed by atoms with Crippen molar-refractivity contribution in [2.75, 3.05) is 0 Å². The molecule has 1 saturated carbocycles. The average Bonchev–Trinajstić information content (AvgIpc) is 3.03. The summed E-state index contributed by atoms with van der Waals surface area (Å²) in [5.41, 5.74) is 3.48. The van der Waals surface area contributed by atoms with Crippen molar-refractivity contribution >= 4 is 44.7 Å². The Hall–Kier alpha value is -2.35. The fourth-order valence-corrected chi connectivity index (χ4v) is 4.66. The van der Waals surface area contributed by atoms with Crippen LogP contribution >= 0.6 is 15.9 Å². The second kappa shape index (κ2) is 6.67. The topological polar surface area (TPSA) is 83.4 Å². The molecule has 2 heterocycles. The summed E-state index contributed by atoms with van der Waals surface area (Å²) in [6.07, 6.45) is 4.11. The first-order valence-corrected chi connectivity index (χ1v) is 9.92. The zero-order valence-electron chi connectivity index (χ0n) is 15.0. The largest absolute Gasteiger partial charge is 0.344 e. The van der Waals surface area contributed by atoms with Gasteiger partial charge in [-0.2, -0.15) is 5.01 Å². The van der Waals surface area contributed by atoms with E-state index in [9.17, 15) is 14.4 Å². The lowest BCUT2D eigenvalue weighted by atomic mass is 9.82. The highest BCUT2D eigenvalue weighted by atomic mass is 79.9. The number of halogens is 1. The molecule has 0 atom stereocenters. The number of carbonyl (C=O) groups excluding carboxylic acids is 3. The van der Waals surface area contributed by atoms with Gasteiger partial charge in [0.15, 0.2) is 0 Å². The number of amides is 4.